The molecule has 1 unspecified atom stereocenters. The Morgan fingerprint density at radius 2 is 2.15 bits per heavy atom. The molecule has 0 radical (unpaired) electrons. The Morgan fingerprint density at radius 1 is 1.45 bits per heavy atom. The summed E-state index contributed by atoms with van der Waals surface area (Å²) in [5.74, 6) is -0.338. The lowest BCUT2D eigenvalue weighted by molar-refractivity contribution is -0.161. The number of carbonyl (C=O) groups excluding carboxylic acids is 2. The van der Waals surface area contributed by atoms with Crippen molar-refractivity contribution < 1.29 is 19.2 Å². The second kappa shape index (κ2) is 5.44. The first kappa shape index (κ1) is 14.8. The zero-order chi connectivity index (χ0) is 14.9. The summed E-state index contributed by atoms with van der Waals surface area (Å²) in [5.41, 5.74) is -0.546. The van der Waals surface area contributed by atoms with Crippen LogP contribution in [0.15, 0.2) is 12.7 Å². The maximum Gasteiger partial charge on any atom is 0.345 e. The third kappa shape index (κ3) is 2.95. The third-order valence-electron chi connectivity index (χ3n) is 3.33. The summed E-state index contributed by atoms with van der Waals surface area (Å²) >= 11 is 0. The number of hydrogen-bond acceptors (Lipinski definition) is 4. The van der Waals surface area contributed by atoms with Crippen LogP contribution in [0, 0.1) is 0 Å². The summed E-state index contributed by atoms with van der Waals surface area (Å²) in [6.07, 6.45) is 2.94. The number of amides is 2. The fourth-order valence-electron chi connectivity index (χ4n) is 2.55. The highest BCUT2D eigenvalue weighted by atomic mass is 16.7. The van der Waals surface area contributed by atoms with E-state index in [1.54, 1.807) is 11.0 Å². The summed E-state index contributed by atoms with van der Waals surface area (Å²) in [5, 5.41) is 1.37. The number of fused-ring (bicyclic) bond motifs is 2. The summed E-state index contributed by atoms with van der Waals surface area (Å²) in [6.45, 7) is 9.83. The van der Waals surface area contributed by atoms with E-state index >= 15 is 0 Å². The molecule has 2 atom stereocenters. The second-order valence-corrected chi connectivity index (χ2v) is 6.13. The van der Waals surface area contributed by atoms with Gasteiger partial charge in [-0.3, -0.25) is 4.84 Å². The van der Waals surface area contributed by atoms with Crippen LogP contribution < -0.4 is 0 Å². The number of nitrogens with zero attached hydrogens (tertiary/aromatic N) is 2. The molecular weight excluding hydrogens is 260 g/mol. The molecule has 2 amide bonds. The quantitative estimate of drug-likeness (QED) is 0.582. The molecule has 0 aliphatic carbocycles. The van der Waals surface area contributed by atoms with Crippen LogP contribution >= 0.6 is 0 Å². The first-order chi connectivity index (χ1) is 9.33. The lowest BCUT2D eigenvalue weighted by atomic mass is 10.0. The molecule has 2 saturated heterocycles. The van der Waals surface area contributed by atoms with Crippen LogP contribution in [0.2, 0.25) is 0 Å². The Bertz CT molecular complexity index is 416. The van der Waals surface area contributed by atoms with Crippen LogP contribution in [0.25, 0.3) is 0 Å². The topological polar surface area (TPSA) is 59.1 Å². The van der Waals surface area contributed by atoms with Crippen molar-refractivity contribution in [2.24, 2.45) is 0 Å². The lowest BCUT2D eigenvalue weighted by Crippen LogP contribution is -2.47. The van der Waals surface area contributed by atoms with Gasteiger partial charge in [0.2, 0.25) is 0 Å². The first-order valence-electron chi connectivity index (χ1n) is 6.90. The van der Waals surface area contributed by atoms with Crippen molar-refractivity contribution in [1.82, 2.24) is 9.96 Å². The van der Waals surface area contributed by atoms with Crippen molar-refractivity contribution in [3.63, 3.8) is 0 Å². The maximum absolute atomic E-state index is 12.3. The SMILES string of the molecule is C=CCON1C(=O)N2CC1CC[C@H]2C(=O)OC(C)(C)C. The normalized spacial score (nSPS) is 25.9. The van der Waals surface area contributed by atoms with Crippen molar-refractivity contribution in [3.8, 4) is 0 Å². The average molecular weight is 282 g/mol. The van der Waals surface area contributed by atoms with Crippen LogP contribution in [0.3, 0.4) is 0 Å². The van der Waals surface area contributed by atoms with Gasteiger partial charge in [0.1, 0.15) is 11.6 Å². The Hall–Kier alpha value is -1.56. The molecule has 0 aromatic carbocycles. The minimum atomic E-state index is -0.546. The molecule has 0 N–H and O–H groups in total. The van der Waals surface area contributed by atoms with Crippen molar-refractivity contribution in [2.75, 3.05) is 13.2 Å². The average Bonchev–Trinajstić information content (AvgIpc) is 2.58. The van der Waals surface area contributed by atoms with E-state index in [-0.39, 0.29) is 24.6 Å². The number of urea groups is 1. The molecule has 2 rings (SSSR count). The minimum absolute atomic E-state index is 0.0149. The minimum Gasteiger partial charge on any atom is -0.458 e. The molecule has 2 heterocycles. The van der Waals surface area contributed by atoms with Gasteiger partial charge in [0.15, 0.2) is 0 Å². The molecule has 6 heteroatoms. The molecule has 0 saturated carbocycles. The summed E-state index contributed by atoms with van der Waals surface area (Å²) < 4.78 is 5.38. The van der Waals surface area contributed by atoms with Crippen LogP contribution in [0.4, 0.5) is 4.79 Å². The molecule has 6 nitrogen and oxygen atoms in total. The smallest absolute Gasteiger partial charge is 0.345 e. The fraction of sp³-hybridized carbons (Fsp3) is 0.714. The lowest BCUT2D eigenvalue weighted by Gasteiger charge is -2.31. The zero-order valence-corrected chi connectivity index (χ0v) is 12.3. The van der Waals surface area contributed by atoms with Crippen molar-refractivity contribution in [3.05, 3.63) is 12.7 Å². The molecule has 0 aromatic heterocycles. The number of hydrogen-bond donors (Lipinski definition) is 0. The third-order valence-corrected chi connectivity index (χ3v) is 3.33. The van der Waals surface area contributed by atoms with E-state index in [1.807, 2.05) is 20.8 Å². The highest BCUT2D eigenvalue weighted by Crippen LogP contribution is 2.31. The van der Waals surface area contributed by atoms with Gasteiger partial charge in [-0.2, -0.15) is 5.06 Å². The van der Waals surface area contributed by atoms with Crippen molar-refractivity contribution in [2.45, 2.75) is 51.3 Å². The second-order valence-electron chi connectivity index (χ2n) is 6.13. The van der Waals surface area contributed by atoms with Gasteiger partial charge >= 0.3 is 12.0 Å². The van der Waals surface area contributed by atoms with E-state index in [1.165, 1.54) is 5.06 Å². The molecule has 0 aromatic rings. The summed E-state index contributed by atoms with van der Waals surface area (Å²) in [4.78, 5) is 31.4. The molecule has 2 bridgehead atoms. The predicted octanol–water partition coefficient (Wildman–Crippen LogP) is 1.71. The van der Waals surface area contributed by atoms with Gasteiger partial charge in [0.05, 0.1) is 12.6 Å². The zero-order valence-electron chi connectivity index (χ0n) is 12.3. The van der Waals surface area contributed by atoms with Crippen LogP contribution in [-0.4, -0.2) is 52.8 Å². The maximum atomic E-state index is 12.3. The van der Waals surface area contributed by atoms with Crippen LogP contribution in [0.1, 0.15) is 33.6 Å². The first-order valence-corrected chi connectivity index (χ1v) is 6.90. The molecule has 2 aliphatic rings. The molecule has 2 aliphatic heterocycles. The molecule has 0 spiro atoms. The van der Waals surface area contributed by atoms with Crippen LogP contribution in [-0.2, 0) is 14.4 Å². The highest BCUT2D eigenvalue weighted by Gasteiger charge is 2.48. The summed E-state index contributed by atoms with van der Waals surface area (Å²) in [7, 11) is 0. The van der Waals surface area contributed by atoms with Gasteiger partial charge in [0.25, 0.3) is 0 Å². The van der Waals surface area contributed by atoms with Gasteiger partial charge in [-0.05, 0) is 33.6 Å². The molecule has 112 valence electrons. The number of hydroxylamine groups is 2. The van der Waals surface area contributed by atoms with Gasteiger partial charge < -0.3 is 9.64 Å². The molecule has 2 fully saturated rings. The fourth-order valence-corrected chi connectivity index (χ4v) is 2.55. The Labute approximate surface area is 119 Å². The van der Waals surface area contributed by atoms with E-state index in [4.69, 9.17) is 9.57 Å². The monoisotopic (exact) mass is 282 g/mol. The van der Waals surface area contributed by atoms with Gasteiger partial charge in [-0.25, -0.2) is 9.59 Å². The van der Waals surface area contributed by atoms with Gasteiger partial charge in [0, 0.05) is 6.54 Å². The number of esters is 1. The standard InChI is InChI=1S/C14H22N2O4/c1-5-8-19-16-10-6-7-11(15(9-10)13(16)18)12(17)20-14(2,3)4/h5,10-11H,1,6-9H2,2-4H3/t10?,11-/m0/s1. The number of ether oxygens (including phenoxy) is 1. The van der Waals surface area contributed by atoms with Gasteiger partial charge in [-0.1, -0.05) is 6.08 Å². The van der Waals surface area contributed by atoms with E-state index < -0.39 is 11.6 Å². The van der Waals surface area contributed by atoms with Crippen molar-refractivity contribution >= 4 is 12.0 Å². The number of piperidine rings is 1. The van der Waals surface area contributed by atoms with Crippen molar-refractivity contribution in [1.29, 1.82) is 0 Å². The van der Waals surface area contributed by atoms with E-state index in [9.17, 15) is 9.59 Å². The van der Waals surface area contributed by atoms with E-state index in [0.29, 0.717) is 13.0 Å². The number of rotatable bonds is 4. The molecule has 20 heavy (non-hydrogen) atoms. The Morgan fingerprint density at radius 3 is 2.75 bits per heavy atom. The highest BCUT2D eigenvalue weighted by molar-refractivity contribution is 5.85. The van der Waals surface area contributed by atoms with E-state index in [2.05, 4.69) is 6.58 Å². The summed E-state index contributed by atoms with van der Waals surface area (Å²) in [6, 6.07) is -0.748. The Kier molecular flexibility index (Phi) is 4.04. The predicted molar refractivity (Wildman–Crippen MR) is 72.7 cm³/mol. The largest absolute Gasteiger partial charge is 0.458 e. The Balaban J connectivity index is 2.04. The molecular formula is C14H22N2O4. The van der Waals surface area contributed by atoms with Crippen LogP contribution in [0.5, 0.6) is 0 Å². The van der Waals surface area contributed by atoms with E-state index in [0.717, 1.165) is 6.42 Å². The van der Waals surface area contributed by atoms with Gasteiger partial charge in [-0.15, -0.1) is 6.58 Å². The number of carbonyl (C=O) groups is 2.